The largest absolute Gasteiger partial charge is 0.352 e. The van der Waals surface area contributed by atoms with Crippen molar-refractivity contribution in [3.8, 4) is 0 Å². The zero-order valence-electron chi connectivity index (χ0n) is 9.78. The van der Waals surface area contributed by atoms with Crippen LogP contribution >= 0.6 is 22.9 Å². The Kier molecular flexibility index (Phi) is 4.36. The number of likely N-dealkylation sites (N-methyl/N-ethyl adjacent to an activating group) is 1. The van der Waals surface area contributed by atoms with Gasteiger partial charge in [0.15, 0.2) is 0 Å². The van der Waals surface area contributed by atoms with Gasteiger partial charge in [0, 0.05) is 18.0 Å². The van der Waals surface area contributed by atoms with E-state index in [2.05, 4.69) is 22.2 Å². The second kappa shape index (κ2) is 5.80. The average molecular weight is 274 g/mol. The van der Waals surface area contributed by atoms with Crippen LogP contribution in [-0.4, -0.2) is 42.0 Å². The first kappa shape index (κ1) is 12.8. The van der Waals surface area contributed by atoms with Gasteiger partial charge in [-0.1, -0.05) is 0 Å². The molecule has 0 bridgehead atoms. The molecule has 1 aliphatic rings. The van der Waals surface area contributed by atoms with Crippen molar-refractivity contribution < 1.29 is 4.79 Å². The number of thiazole rings is 1. The van der Waals surface area contributed by atoms with Gasteiger partial charge in [-0.15, -0.1) is 22.9 Å². The lowest BCUT2D eigenvalue weighted by Crippen LogP contribution is -2.37. The van der Waals surface area contributed by atoms with Gasteiger partial charge in [0.05, 0.1) is 18.0 Å². The number of aromatic nitrogens is 1. The Balaban J connectivity index is 1.80. The van der Waals surface area contributed by atoms with Crippen LogP contribution in [0, 0.1) is 0 Å². The lowest BCUT2D eigenvalue weighted by atomic mass is 10.2. The fraction of sp³-hybridized carbons (Fsp3) is 0.636. The van der Waals surface area contributed by atoms with E-state index in [0.717, 1.165) is 30.2 Å². The van der Waals surface area contributed by atoms with Gasteiger partial charge in [0.25, 0.3) is 0 Å². The summed E-state index contributed by atoms with van der Waals surface area (Å²) >= 11 is 7.16. The molecular weight excluding hydrogens is 258 g/mol. The van der Waals surface area contributed by atoms with Crippen LogP contribution in [0.4, 0.5) is 0 Å². The minimum atomic E-state index is 0.0563. The van der Waals surface area contributed by atoms with Crippen molar-refractivity contribution >= 4 is 28.8 Å². The smallest absolute Gasteiger partial charge is 0.227 e. The summed E-state index contributed by atoms with van der Waals surface area (Å²) in [4.78, 5) is 18.3. The molecule has 1 aromatic heterocycles. The summed E-state index contributed by atoms with van der Waals surface area (Å²) in [6, 6.07) is 0.292. The molecule has 1 fully saturated rings. The molecule has 1 atom stereocenters. The topological polar surface area (TPSA) is 45.2 Å². The van der Waals surface area contributed by atoms with Crippen LogP contribution in [0.2, 0.25) is 0 Å². The van der Waals surface area contributed by atoms with Crippen molar-refractivity contribution in [1.29, 1.82) is 0 Å². The number of likely N-dealkylation sites (tertiary alicyclic amines) is 1. The van der Waals surface area contributed by atoms with Crippen LogP contribution in [0.15, 0.2) is 5.38 Å². The maximum Gasteiger partial charge on any atom is 0.227 e. The summed E-state index contributed by atoms with van der Waals surface area (Å²) < 4.78 is 0. The highest BCUT2D eigenvalue weighted by atomic mass is 35.5. The number of halogens is 1. The van der Waals surface area contributed by atoms with E-state index in [1.165, 1.54) is 11.3 Å². The molecule has 0 radical (unpaired) electrons. The summed E-state index contributed by atoms with van der Waals surface area (Å²) in [6.07, 6.45) is 1.40. The maximum atomic E-state index is 11.8. The van der Waals surface area contributed by atoms with Crippen LogP contribution in [0.5, 0.6) is 0 Å². The number of carbonyl (C=O) groups excluding carboxylic acids is 1. The number of hydrogen-bond donors (Lipinski definition) is 1. The van der Waals surface area contributed by atoms with Crippen LogP contribution in [0.25, 0.3) is 0 Å². The third-order valence-corrected chi connectivity index (χ3v) is 3.98. The summed E-state index contributed by atoms with van der Waals surface area (Å²) in [5.74, 6) is 0.465. The fourth-order valence-corrected chi connectivity index (χ4v) is 2.98. The van der Waals surface area contributed by atoms with Crippen LogP contribution in [0.1, 0.15) is 17.1 Å². The quantitative estimate of drug-likeness (QED) is 0.840. The van der Waals surface area contributed by atoms with Crippen molar-refractivity contribution in [2.45, 2.75) is 24.8 Å². The number of rotatable bonds is 4. The molecule has 1 saturated heterocycles. The van der Waals surface area contributed by atoms with Gasteiger partial charge in [0.1, 0.15) is 5.01 Å². The van der Waals surface area contributed by atoms with Crippen LogP contribution < -0.4 is 5.32 Å². The number of nitrogens with one attached hydrogen (secondary N) is 1. The second-order valence-corrected chi connectivity index (χ2v) is 5.57. The molecule has 2 rings (SSSR count). The molecule has 1 unspecified atom stereocenters. The molecule has 0 aromatic carbocycles. The van der Waals surface area contributed by atoms with Gasteiger partial charge in [-0.2, -0.15) is 0 Å². The first-order valence-corrected chi connectivity index (χ1v) is 7.06. The SMILES string of the molecule is CN1CCC(NC(=O)Cc2nc(CCl)cs2)C1. The zero-order valence-corrected chi connectivity index (χ0v) is 11.4. The number of amides is 1. The van der Waals surface area contributed by atoms with Gasteiger partial charge in [-0.3, -0.25) is 4.79 Å². The van der Waals surface area contributed by atoms with E-state index in [1.807, 2.05) is 5.38 Å². The maximum absolute atomic E-state index is 11.8. The van der Waals surface area contributed by atoms with E-state index in [-0.39, 0.29) is 5.91 Å². The summed E-state index contributed by atoms with van der Waals surface area (Å²) in [6.45, 7) is 2.00. The van der Waals surface area contributed by atoms with E-state index in [9.17, 15) is 4.79 Å². The molecule has 0 saturated carbocycles. The molecule has 0 aliphatic carbocycles. The first-order chi connectivity index (χ1) is 8.17. The van der Waals surface area contributed by atoms with Crippen molar-refractivity contribution in [2.75, 3.05) is 20.1 Å². The summed E-state index contributed by atoms with van der Waals surface area (Å²) in [5, 5.41) is 5.78. The highest BCUT2D eigenvalue weighted by Crippen LogP contribution is 2.12. The Morgan fingerprint density at radius 1 is 1.76 bits per heavy atom. The summed E-state index contributed by atoms with van der Waals surface area (Å²) in [5.41, 5.74) is 0.847. The Labute approximate surface area is 110 Å². The van der Waals surface area contributed by atoms with E-state index in [1.54, 1.807) is 0 Å². The van der Waals surface area contributed by atoms with Gasteiger partial charge in [0.2, 0.25) is 5.91 Å². The van der Waals surface area contributed by atoms with Crippen molar-refractivity contribution in [1.82, 2.24) is 15.2 Å². The second-order valence-electron chi connectivity index (χ2n) is 4.36. The van der Waals surface area contributed by atoms with Crippen molar-refractivity contribution in [3.63, 3.8) is 0 Å². The van der Waals surface area contributed by atoms with E-state index < -0.39 is 0 Å². The molecule has 94 valence electrons. The Bertz CT molecular complexity index is 396. The van der Waals surface area contributed by atoms with Gasteiger partial charge >= 0.3 is 0 Å². The molecule has 1 aliphatic heterocycles. The molecule has 2 heterocycles. The highest BCUT2D eigenvalue weighted by Gasteiger charge is 2.21. The third kappa shape index (κ3) is 3.66. The minimum absolute atomic E-state index is 0.0563. The van der Waals surface area contributed by atoms with Crippen molar-refractivity contribution in [3.05, 3.63) is 16.1 Å². The van der Waals surface area contributed by atoms with Gasteiger partial charge in [-0.25, -0.2) is 4.98 Å². The number of carbonyl (C=O) groups is 1. The molecule has 0 spiro atoms. The zero-order chi connectivity index (χ0) is 12.3. The van der Waals surface area contributed by atoms with E-state index in [4.69, 9.17) is 11.6 Å². The average Bonchev–Trinajstić information content (AvgIpc) is 2.88. The lowest BCUT2D eigenvalue weighted by Gasteiger charge is -2.11. The molecule has 1 N–H and O–H groups in total. The molecule has 1 aromatic rings. The summed E-state index contributed by atoms with van der Waals surface area (Å²) in [7, 11) is 2.07. The minimum Gasteiger partial charge on any atom is -0.352 e. The van der Waals surface area contributed by atoms with E-state index in [0.29, 0.717) is 18.3 Å². The predicted octanol–water partition coefficient (Wildman–Crippen LogP) is 1.24. The molecular formula is C11H16ClN3OS. The van der Waals surface area contributed by atoms with Crippen molar-refractivity contribution in [2.24, 2.45) is 0 Å². The van der Waals surface area contributed by atoms with Crippen LogP contribution in [-0.2, 0) is 17.1 Å². The van der Waals surface area contributed by atoms with Gasteiger partial charge < -0.3 is 10.2 Å². The van der Waals surface area contributed by atoms with Crippen LogP contribution in [0.3, 0.4) is 0 Å². The number of hydrogen-bond acceptors (Lipinski definition) is 4. The van der Waals surface area contributed by atoms with E-state index >= 15 is 0 Å². The van der Waals surface area contributed by atoms with Gasteiger partial charge in [-0.05, 0) is 20.0 Å². The Morgan fingerprint density at radius 2 is 2.59 bits per heavy atom. The molecule has 6 heteroatoms. The Morgan fingerprint density at radius 3 is 3.18 bits per heavy atom. The normalized spacial score (nSPS) is 20.7. The Hall–Kier alpha value is -0.650. The monoisotopic (exact) mass is 273 g/mol. The third-order valence-electron chi connectivity index (χ3n) is 2.80. The molecule has 1 amide bonds. The number of nitrogens with zero attached hydrogens (tertiary/aromatic N) is 2. The predicted molar refractivity (Wildman–Crippen MR) is 69.4 cm³/mol. The lowest BCUT2D eigenvalue weighted by molar-refractivity contribution is -0.121. The highest BCUT2D eigenvalue weighted by molar-refractivity contribution is 7.09. The standard InChI is InChI=1S/C11H16ClN3OS/c1-15-3-2-8(6-15)13-10(16)4-11-14-9(5-12)7-17-11/h7-8H,2-6H2,1H3,(H,13,16). The molecule has 4 nitrogen and oxygen atoms in total. The first-order valence-electron chi connectivity index (χ1n) is 5.64. The number of alkyl halides is 1. The molecule has 17 heavy (non-hydrogen) atoms. The fourth-order valence-electron chi connectivity index (χ4n) is 1.96.